The van der Waals surface area contributed by atoms with E-state index in [1.54, 1.807) is 25.1 Å². The third-order valence-corrected chi connectivity index (χ3v) is 4.46. The van der Waals surface area contributed by atoms with Crippen molar-refractivity contribution in [3.05, 3.63) is 71.1 Å². The minimum absolute atomic E-state index is 0.143. The average Bonchev–Trinajstić information content (AvgIpc) is 2.68. The van der Waals surface area contributed by atoms with Crippen molar-refractivity contribution < 1.29 is 18.7 Å². The Hall–Kier alpha value is -3.34. The van der Waals surface area contributed by atoms with Crippen LogP contribution in [0.5, 0.6) is 11.5 Å². The molecule has 1 aromatic heterocycles. The highest BCUT2D eigenvalue weighted by Crippen LogP contribution is 2.26. The number of hydrogen-bond acceptors (Lipinski definition) is 5. The summed E-state index contributed by atoms with van der Waals surface area (Å²) in [6.45, 7) is 9.27. The van der Waals surface area contributed by atoms with E-state index in [1.807, 2.05) is 31.2 Å². The van der Waals surface area contributed by atoms with E-state index in [-0.39, 0.29) is 6.10 Å². The molecule has 1 heterocycles. The van der Waals surface area contributed by atoms with Crippen LogP contribution in [0.3, 0.4) is 0 Å². The van der Waals surface area contributed by atoms with Crippen molar-refractivity contribution in [1.29, 1.82) is 0 Å². The molecule has 0 saturated carbocycles. The van der Waals surface area contributed by atoms with Gasteiger partial charge in [0.1, 0.15) is 17.1 Å². The lowest BCUT2D eigenvalue weighted by atomic mass is 10.1. The van der Waals surface area contributed by atoms with Crippen LogP contribution < -0.4 is 15.1 Å². The highest BCUT2D eigenvalue weighted by molar-refractivity contribution is 5.90. The quantitative estimate of drug-likeness (QED) is 0.230. The van der Waals surface area contributed by atoms with Crippen LogP contribution in [0, 0.1) is 0 Å². The number of hydrogen-bond donors (Lipinski definition) is 0. The van der Waals surface area contributed by atoms with Crippen LogP contribution in [0.1, 0.15) is 33.6 Å². The molecule has 29 heavy (non-hydrogen) atoms. The summed E-state index contributed by atoms with van der Waals surface area (Å²) in [7, 11) is 0. The average molecular weight is 392 g/mol. The zero-order valence-corrected chi connectivity index (χ0v) is 16.9. The van der Waals surface area contributed by atoms with E-state index in [0.717, 1.165) is 29.5 Å². The smallest absolute Gasteiger partial charge is 0.344 e. The molecule has 2 aromatic carbocycles. The van der Waals surface area contributed by atoms with Crippen LogP contribution in [0.4, 0.5) is 0 Å². The summed E-state index contributed by atoms with van der Waals surface area (Å²) < 4.78 is 16.5. The zero-order valence-electron chi connectivity index (χ0n) is 16.9. The van der Waals surface area contributed by atoms with Gasteiger partial charge in [-0.05, 0) is 56.2 Å². The topological polar surface area (TPSA) is 65.7 Å². The molecule has 3 aromatic rings. The lowest BCUT2D eigenvalue weighted by Gasteiger charge is -2.14. The first kappa shape index (κ1) is 20.4. The number of carbonyl (C=O) groups excluding carboxylic acids is 1. The van der Waals surface area contributed by atoms with Crippen molar-refractivity contribution in [2.75, 3.05) is 0 Å². The van der Waals surface area contributed by atoms with Crippen molar-refractivity contribution in [2.45, 2.75) is 39.7 Å². The number of ether oxygens (including phenoxy) is 2. The number of carbonyl (C=O) groups is 1. The molecule has 0 aliphatic rings. The number of rotatable bonds is 7. The fourth-order valence-electron chi connectivity index (χ4n) is 2.96. The summed E-state index contributed by atoms with van der Waals surface area (Å²) in [6, 6.07) is 14.1. The van der Waals surface area contributed by atoms with E-state index < -0.39 is 11.6 Å². The Bertz CT molecular complexity index is 1090. The van der Waals surface area contributed by atoms with Gasteiger partial charge in [0, 0.05) is 17.0 Å². The fourth-order valence-corrected chi connectivity index (χ4v) is 2.96. The summed E-state index contributed by atoms with van der Waals surface area (Å²) in [5.74, 6) is 0.534. The minimum atomic E-state index is -0.529. The summed E-state index contributed by atoms with van der Waals surface area (Å²) in [4.78, 5) is 24.2. The molecule has 1 atom stereocenters. The third kappa shape index (κ3) is 4.93. The van der Waals surface area contributed by atoms with Gasteiger partial charge >= 0.3 is 11.6 Å². The van der Waals surface area contributed by atoms with Gasteiger partial charge in [-0.3, -0.25) is 0 Å². The van der Waals surface area contributed by atoms with Gasteiger partial charge < -0.3 is 13.9 Å². The Morgan fingerprint density at radius 2 is 1.79 bits per heavy atom. The van der Waals surface area contributed by atoms with Gasteiger partial charge in [-0.2, -0.15) is 0 Å². The second kappa shape index (κ2) is 8.78. The molecular weight excluding hydrogens is 368 g/mol. The largest absolute Gasteiger partial charge is 0.491 e. The molecule has 3 rings (SSSR count). The first-order chi connectivity index (χ1) is 13.9. The lowest BCUT2D eigenvalue weighted by molar-refractivity contribution is -0.130. The molecule has 5 nitrogen and oxygen atoms in total. The SMILES string of the molecule is C=C(C)C(=O)Oc1ccc2cc(-c3ccc(OC(C)CCC)cc3)c(=O)oc2c1. The number of benzene rings is 2. The van der Waals surface area contributed by atoms with Gasteiger partial charge in [0.05, 0.1) is 11.7 Å². The molecule has 5 heteroatoms. The monoisotopic (exact) mass is 392 g/mol. The molecule has 0 saturated heterocycles. The molecule has 0 amide bonds. The molecule has 0 radical (unpaired) electrons. The van der Waals surface area contributed by atoms with E-state index in [0.29, 0.717) is 22.5 Å². The molecule has 0 fully saturated rings. The van der Waals surface area contributed by atoms with Gasteiger partial charge in [0.25, 0.3) is 0 Å². The molecule has 0 aliphatic heterocycles. The predicted octanol–water partition coefficient (Wildman–Crippen LogP) is 5.51. The summed E-state index contributed by atoms with van der Waals surface area (Å²) in [5.41, 5.74) is 1.37. The Morgan fingerprint density at radius 3 is 2.45 bits per heavy atom. The molecule has 0 spiro atoms. The molecule has 0 N–H and O–H groups in total. The zero-order chi connectivity index (χ0) is 21.0. The van der Waals surface area contributed by atoms with Crippen molar-refractivity contribution in [2.24, 2.45) is 0 Å². The summed E-state index contributed by atoms with van der Waals surface area (Å²) in [6.07, 6.45) is 2.19. The Labute approximate surface area is 169 Å². The maximum atomic E-state index is 12.5. The van der Waals surface area contributed by atoms with Gasteiger partial charge in [0.15, 0.2) is 0 Å². The highest BCUT2D eigenvalue weighted by Gasteiger charge is 2.11. The molecule has 0 bridgehead atoms. The van der Waals surface area contributed by atoms with Gasteiger partial charge in [0.2, 0.25) is 0 Å². The summed E-state index contributed by atoms with van der Waals surface area (Å²) in [5, 5.41) is 0.728. The van der Waals surface area contributed by atoms with E-state index in [1.165, 1.54) is 6.07 Å². The van der Waals surface area contributed by atoms with Crippen LogP contribution in [-0.2, 0) is 4.79 Å². The summed E-state index contributed by atoms with van der Waals surface area (Å²) >= 11 is 0. The second-order valence-electron chi connectivity index (χ2n) is 7.06. The maximum Gasteiger partial charge on any atom is 0.344 e. The fraction of sp³-hybridized carbons (Fsp3) is 0.250. The maximum absolute atomic E-state index is 12.5. The van der Waals surface area contributed by atoms with Gasteiger partial charge in [-0.15, -0.1) is 0 Å². The molecular formula is C24H24O5. The predicted molar refractivity (Wildman–Crippen MR) is 113 cm³/mol. The normalized spacial score (nSPS) is 11.8. The standard InChI is InChI=1S/C24H24O5/c1-5-6-16(4)27-19-10-7-17(8-11-19)21-13-18-9-12-20(28-23(25)15(2)3)14-22(18)29-24(21)26/h7-14,16H,2,5-6H2,1,3-4H3. The van der Waals surface area contributed by atoms with Gasteiger partial charge in [-0.1, -0.05) is 32.1 Å². The molecule has 1 unspecified atom stereocenters. The van der Waals surface area contributed by atoms with Gasteiger partial charge in [-0.25, -0.2) is 9.59 Å². The second-order valence-corrected chi connectivity index (χ2v) is 7.06. The van der Waals surface area contributed by atoms with E-state index in [9.17, 15) is 9.59 Å². The van der Waals surface area contributed by atoms with Crippen LogP contribution in [-0.4, -0.2) is 12.1 Å². The highest BCUT2D eigenvalue weighted by atomic mass is 16.5. The third-order valence-electron chi connectivity index (χ3n) is 4.46. The van der Waals surface area contributed by atoms with E-state index in [2.05, 4.69) is 13.5 Å². The van der Waals surface area contributed by atoms with Crippen LogP contribution in [0.2, 0.25) is 0 Å². The van der Waals surface area contributed by atoms with E-state index in [4.69, 9.17) is 13.9 Å². The van der Waals surface area contributed by atoms with Crippen LogP contribution >= 0.6 is 0 Å². The Kier molecular flexibility index (Phi) is 6.17. The minimum Gasteiger partial charge on any atom is -0.491 e. The van der Waals surface area contributed by atoms with Crippen molar-refractivity contribution in [1.82, 2.24) is 0 Å². The molecule has 150 valence electrons. The van der Waals surface area contributed by atoms with Crippen LogP contribution in [0.15, 0.2) is 69.9 Å². The van der Waals surface area contributed by atoms with Crippen molar-refractivity contribution in [3.8, 4) is 22.6 Å². The number of esters is 1. The Morgan fingerprint density at radius 1 is 1.10 bits per heavy atom. The number of fused-ring (bicyclic) bond motifs is 1. The first-order valence-corrected chi connectivity index (χ1v) is 9.60. The van der Waals surface area contributed by atoms with Crippen molar-refractivity contribution >= 4 is 16.9 Å². The first-order valence-electron chi connectivity index (χ1n) is 9.60. The molecule has 0 aliphatic carbocycles. The van der Waals surface area contributed by atoms with E-state index >= 15 is 0 Å². The Balaban J connectivity index is 1.86. The van der Waals surface area contributed by atoms with Crippen molar-refractivity contribution in [3.63, 3.8) is 0 Å². The van der Waals surface area contributed by atoms with Crippen LogP contribution in [0.25, 0.3) is 22.1 Å². The lowest BCUT2D eigenvalue weighted by Crippen LogP contribution is -2.10.